The molecule has 0 radical (unpaired) electrons. The summed E-state index contributed by atoms with van der Waals surface area (Å²) in [5, 5.41) is 47.6. The maximum atomic E-state index is 14.3. The molecule has 0 saturated carbocycles. The molecule has 3 aliphatic heterocycles. The predicted molar refractivity (Wildman–Crippen MR) is 203 cm³/mol. The van der Waals surface area contributed by atoms with Crippen molar-refractivity contribution in [2.75, 3.05) is 33.8 Å². The number of esters is 2. The highest BCUT2D eigenvalue weighted by molar-refractivity contribution is 5.90. The molecule has 4 rings (SSSR count). The number of hydrogen-bond acceptors (Lipinski definition) is 14. The lowest BCUT2D eigenvalue weighted by Gasteiger charge is -2.47. The second-order valence-corrected chi connectivity index (χ2v) is 16.8. The third-order valence-corrected chi connectivity index (χ3v) is 11.7. The second-order valence-electron chi connectivity index (χ2n) is 16.8. The van der Waals surface area contributed by atoms with Crippen molar-refractivity contribution in [3.63, 3.8) is 0 Å². The van der Waals surface area contributed by atoms with Gasteiger partial charge in [-0.05, 0) is 91.6 Å². The Hall–Kier alpha value is -3.02. The number of fused-ring (bicyclic) bond motifs is 3. The van der Waals surface area contributed by atoms with Gasteiger partial charge in [0.15, 0.2) is 6.29 Å². The monoisotopic (exact) mass is 777 g/mol. The summed E-state index contributed by atoms with van der Waals surface area (Å²) in [4.78, 5) is 42.8. The number of cyclic esters (lactones) is 1. The first-order chi connectivity index (χ1) is 25.6. The van der Waals surface area contributed by atoms with E-state index in [4.69, 9.17) is 23.7 Å². The number of nitrogens with zero attached hydrogens (tertiary/aromatic N) is 3. The molecule has 1 unspecified atom stereocenters. The summed E-state index contributed by atoms with van der Waals surface area (Å²) in [5.41, 5.74) is -2.78. The Kier molecular flexibility index (Phi) is 14.7. The van der Waals surface area contributed by atoms with Crippen molar-refractivity contribution in [1.29, 1.82) is 0 Å². The minimum Gasteiger partial charge on any atom is -0.459 e. The highest BCUT2D eigenvalue weighted by atomic mass is 16.7. The molecular weight excluding hydrogens is 714 g/mol. The van der Waals surface area contributed by atoms with Gasteiger partial charge >= 0.3 is 11.9 Å². The molecule has 3 N–H and O–H groups in total. The van der Waals surface area contributed by atoms with Crippen LogP contribution in [0.3, 0.4) is 0 Å². The number of nitro benzene ring substituents is 1. The second kappa shape index (κ2) is 18.1. The SMILES string of the molecule is C=C1CO[C@@H]2[C@@H](C)CN(C1)[C@H](C)C[C@@](C)(O)[C@H](O[C@@H]1O[C@H](C)C[C@H](N(C)C)[C@H]1O)[C@@H](C)[C@H](OC(=O)c1ccc([N+](=O)[O-])cc1)[C@@H](C)C(=O)O[C@H](CC)[C@@]2(C)O. The van der Waals surface area contributed by atoms with Gasteiger partial charge in [-0.3, -0.25) is 19.8 Å². The number of hydrogen-bond donors (Lipinski definition) is 3. The maximum absolute atomic E-state index is 14.3. The fourth-order valence-electron chi connectivity index (χ4n) is 8.72. The quantitative estimate of drug-likeness (QED) is 0.157. The standard InChI is InChI=1S/C40H63N3O12/c1-12-31-40(9,48)34-23(3)20-42(19-22(2)21-51-34)24(4)18-39(8,47)35(55-38-32(44)30(41(10)11)17-25(5)52-38)26(6)33(27(7)36(45)53-31)54-37(46)28-13-15-29(16-14-28)43(49)50/h13-16,23-27,30-35,38,44,47-48H,2,12,17-21H2,1,3-11H3/t23-,24+,25+,26-,27+,30-,31+,32+,33-,34+,35+,38-,39+,40+/m0/s1. The van der Waals surface area contributed by atoms with Gasteiger partial charge in [-0.15, -0.1) is 0 Å². The van der Waals surface area contributed by atoms with Crippen LogP contribution >= 0.6 is 0 Å². The van der Waals surface area contributed by atoms with E-state index in [-0.39, 0.29) is 54.8 Å². The summed E-state index contributed by atoms with van der Waals surface area (Å²) in [6.07, 6.45) is -6.01. The average molecular weight is 778 g/mol. The van der Waals surface area contributed by atoms with Crippen molar-refractivity contribution in [3.8, 4) is 0 Å². The lowest BCUT2D eigenvalue weighted by Crippen LogP contribution is -2.60. The minimum atomic E-state index is -1.68. The van der Waals surface area contributed by atoms with Crippen molar-refractivity contribution in [2.45, 2.75) is 141 Å². The average Bonchev–Trinajstić information content (AvgIpc) is 3.10. The fourth-order valence-corrected chi connectivity index (χ4v) is 8.72. The van der Waals surface area contributed by atoms with Crippen LogP contribution in [0.5, 0.6) is 0 Å². The van der Waals surface area contributed by atoms with Gasteiger partial charge in [0.2, 0.25) is 0 Å². The summed E-state index contributed by atoms with van der Waals surface area (Å²) >= 11 is 0. The van der Waals surface area contributed by atoms with E-state index < -0.39 is 76.7 Å². The summed E-state index contributed by atoms with van der Waals surface area (Å²) in [7, 11) is 3.70. The number of aliphatic hydroxyl groups excluding tert-OH is 1. The summed E-state index contributed by atoms with van der Waals surface area (Å²) in [5.74, 6) is -4.02. The first-order valence-electron chi connectivity index (χ1n) is 19.4. The first kappa shape index (κ1) is 44.7. The van der Waals surface area contributed by atoms with Crippen LogP contribution in [0.15, 0.2) is 36.4 Å². The third-order valence-electron chi connectivity index (χ3n) is 11.7. The summed E-state index contributed by atoms with van der Waals surface area (Å²) in [6.45, 7) is 19.4. The molecule has 2 bridgehead atoms. The van der Waals surface area contributed by atoms with Gasteiger partial charge in [0.25, 0.3) is 5.69 Å². The van der Waals surface area contributed by atoms with Crippen molar-refractivity contribution in [1.82, 2.24) is 9.80 Å². The van der Waals surface area contributed by atoms with E-state index in [0.717, 1.165) is 5.57 Å². The number of likely N-dealkylation sites (N-methyl/N-ethyl adjacent to an activating group) is 1. The Morgan fingerprint density at radius 3 is 2.35 bits per heavy atom. The molecule has 15 nitrogen and oxygen atoms in total. The van der Waals surface area contributed by atoms with Crippen LogP contribution in [0.2, 0.25) is 0 Å². The van der Waals surface area contributed by atoms with Gasteiger partial charge in [-0.25, -0.2) is 4.79 Å². The first-order valence-corrected chi connectivity index (χ1v) is 19.4. The normalized spacial score (nSPS) is 41.0. The molecule has 3 heterocycles. The fraction of sp³-hybridized carbons (Fsp3) is 0.750. The summed E-state index contributed by atoms with van der Waals surface area (Å²) in [6, 6.07) is 4.26. The molecule has 1 aromatic rings. The zero-order valence-electron chi connectivity index (χ0n) is 34.0. The highest BCUT2D eigenvalue weighted by Crippen LogP contribution is 2.39. The molecule has 310 valence electrons. The molecule has 15 atom stereocenters. The molecule has 1 aromatic carbocycles. The number of carbonyl (C=O) groups is 2. The highest BCUT2D eigenvalue weighted by Gasteiger charge is 2.52. The Labute approximate surface area is 325 Å². The molecule has 3 saturated heterocycles. The van der Waals surface area contributed by atoms with E-state index in [1.54, 1.807) is 27.7 Å². The van der Waals surface area contributed by atoms with Gasteiger partial charge in [0.05, 0.1) is 46.9 Å². The maximum Gasteiger partial charge on any atom is 0.338 e. The Bertz CT molecular complexity index is 1500. The van der Waals surface area contributed by atoms with Gasteiger partial charge in [-0.1, -0.05) is 27.4 Å². The van der Waals surface area contributed by atoms with Crippen LogP contribution in [0.4, 0.5) is 5.69 Å². The molecule has 3 aliphatic rings. The molecule has 15 heteroatoms. The molecule has 0 amide bonds. The van der Waals surface area contributed by atoms with E-state index >= 15 is 0 Å². The molecule has 0 spiro atoms. The number of ether oxygens (including phenoxy) is 5. The number of nitro groups is 1. The number of rotatable bonds is 7. The lowest BCUT2D eigenvalue weighted by molar-refractivity contribution is -0.384. The molecule has 55 heavy (non-hydrogen) atoms. The smallest absolute Gasteiger partial charge is 0.338 e. The largest absolute Gasteiger partial charge is 0.459 e. The van der Waals surface area contributed by atoms with Crippen molar-refractivity contribution < 1.29 is 53.5 Å². The molecule has 0 aromatic heterocycles. The van der Waals surface area contributed by atoms with Crippen LogP contribution in [-0.4, -0.2) is 142 Å². The van der Waals surface area contributed by atoms with Crippen molar-refractivity contribution in [3.05, 3.63) is 52.1 Å². The van der Waals surface area contributed by atoms with E-state index in [1.165, 1.54) is 31.2 Å². The predicted octanol–water partition coefficient (Wildman–Crippen LogP) is 3.71. The van der Waals surface area contributed by atoms with Gasteiger partial charge in [0.1, 0.15) is 23.9 Å². The van der Waals surface area contributed by atoms with Gasteiger partial charge < -0.3 is 43.9 Å². The van der Waals surface area contributed by atoms with Crippen LogP contribution < -0.4 is 0 Å². The van der Waals surface area contributed by atoms with Crippen molar-refractivity contribution in [2.24, 2.45) is 17.8 Å². The van der Waals surface area contributed by atoms with E-state index in [2.05, 4.69) is 11.5 Å². The van der Waals surface area contributed by atoms with E-state index in [0.29, 0.717) is 19.5 Å². The van der Waals surface area contributed by atoms with Crippen LogP contribution in [0, 0.1) is 27.9 Å². The molecule has 3 fully saturated rings. The van der Waals surface area contributed by atoms with Gasteiger partial charge in [-0.2, -0.15) is 0 Å². The summed E-state index contributed by atoms with van der Waals surface area (Å²) < 4.78 is 31.4. The number of benzene rings is 1. The molecule has 0 aliphatic carbocycles. The van der Waals surface area contributed by atoms with Crippen molar-refractivity contribution >= 4 is 17.6 Å². The minimum absolute atomic E-state index is 0.00148. The number of aliphatic hydroxyl groups is 3. The number of non-ortho nitro benzene ring substituents is 1. The van der Waals surface area contributed by atoms with Crippen LogP contribution in [0.1, 0.15) is 85.0 Å². The topological polar surface area (TPSA) is 191 Å². The third kappa shape index (κ3) is 10.3. The lowest BCUT2D eigenvalue weighted by atomic mass is 9.78. The Morgan fingerprint density at radius 1 is 1.13 bits per heavy atom. The van der Waals surface area contributed by atoms with Crippen LogP contribution in [-0.2, 0) is 28.5 Å². The Morgan fingerprint density at radius 2 is 1.76 bits per heavy atom. The van der Waals surface area contributed by atoms with Crippen LogP contribution in [0.25, 0.3) is 0 Å². The zero-order chi connectivity index (χ0) is 41.2. The van der Waals surface area contributed by atoms with E-state index in [1.807, 2.05) is 39.8 Å². The number of carbonyl (C=O) groups excluding carboxylic acids is 2. The zero-order valence-corrected chi connectivity index (χ0v) is 34.0. The van der Waals surface area contributed by atoms with E-state index in [9.17, 15) is 35.0 Å². The van der Waals surface area contributed by atoms with Gasteiger partial charge in [0, 0.05) is 43.2 Å². The molecular formula is C40H63N3O12. The Balaban J connectivity index is 1.86.